The van der Waals surface area contributed by atoms with Crippen molar-refractivity contribution in [3.05, 3.63) is 29.8 Å². The Balaban J connectivity index is 2.76. The minimum atomic E-state index is -0.421. The first-order valence-corrected chi connectivity index (χ1v) is 5.33. The summed E-state index contributed by atoms with van der Waals surface area (Å²) in [7, 11) is 0. The maximum Gasteiger partial charge on any atom is 0.241 e. The summed E-state index contributed by atoms with van der Waals surface area (Å²) < 4.78 is 0. The summed E-state index contributed by atoms with van der Waals surface area (Å²) in [5.74, 6) is -0.113. The summed E-state index contributed by atoms with van der Waals surface area (Å²) in [6.45, 7) is 3.96. The zero-order chi connectivity index (χ0) is 11.3. The smallest absolute Gasteiger partial charge is 0.241 e. The lowest BCUT2D eigenvalue weighted by Crippen LogP contribution is -2.35. The molecule has 0 aliphatic carbocycles. The van der Waals surface area contributed by atoms with Crippen molar-refractivity contribution in [2.45, 2.75) is 32.7 Å². The number of amides is 1. The van der Waals surface area contributed by atoms with Gasteiger partial charge in [0.25, 0.3) is 0 Å². The van der Waals surface area contributed by atoms with Crippen LogP contribution >= 0.6 is 0 Å². The summed E-state index contributed by atoms with van der Waals surface area (Å²) in [5, 5.41) is 2.85. The Hall–Kier alpha value is -1.35. The van der Waals surface area contributed by atoms with Gasteiger partial charge in [0.05, 0.1) is 6.04 Å². The summed E-state index contributed by atoms with van der Waals surface area (Å²) in [6.07, 6.45) is 1.55. The van der Waals surface area contributed by atoms with E-state index in [9.17, 15) is 4.79 Å². The van der Waals surface area contributed by atoms with E-state index >= 15 is 0 Å². The maximum atomic E-state index is 11.6. The number of nitrogens with two attached hydrogens (primary N) is 1. The molecule has 0 saturated heterocycles. The number of hydrogen-bond acceptors (Lipinski definition) is 2. The monoisotopic (exact) mass is 206 g/mol. The van der Waals surface area contributed by atoms with Gasteiger partial charge in [-0.15, -0.1) is 0 Å². The van der Waals surface area contributed by atoms with E-state index in [0.717, 1.165) is 17.7 Å². The Morgan fingerprint density at radius 1 is 1.40 bits per heavy atom. The minimum Gasteiger partial charge on any atom is -0.324 e. The second-order valence-corrected chi connectivity index (χ2v) is 3.51. The molecule has 3 N–H and O–H groups in total. The molecule has 3 nitrogen and oxygen atoms in total. The van der Waals surface area contributed by atoms with E-state index in [2.05, 4.69) is 12.2 Å². The molecule has 15 heavy (non-hydrogen) atoms. The van der Waals surface area contributed by atoms with Crippen LogP contribution in [0.1, 0.15) is 25.8 Å². The predicted octanol–water partition coefficient (Wildman–Crippen LogP) is 1.92. The SMILES string of the molecule is CCc1ccccc1NC(=O)[C@@H](N)CC. The van der Waals surface area contributed by atoms with Crippen molar-refractivity contribution in [1.29, 1.82) is 0 Å². The number of para-hydroxylation sites is 1. The fourth-order valence-corrected chi connectivity index (χ4v) is 1.36. The quantitative estimate of drug-likeness (QED) is 0.790. The molecule has 0 fully saturated rings. The molecule has 0 bridgehead atoms. The van der Waals surface area contributed by atoms with Gasteiger partial charge in [0.1, 0.15) is 0 Å². The van der Waals surface area contributed by atoms with Gasteiger partial charge in [0, 0.05) is 5.69 Å². The van der Waals surface area contributed by atoms with Crippen LogP contribution in [0.4, 0.5) is 5.69 Å². The lowest BCUT2D eigenvalue weighted by atomic mass is 10.1. The van der Waals surface area contributed by atoms with E-state index < -0.39 is 6.04 Å². The second-order valence-electron chi connectivity index (χ2n) is 3.51. The number of nitrogens with one attached hydrogen (secondary N) is 1. The van der Waals surface area contributed by atoms with Crippen molar-refractivity contribution >= 4 is 11.6 Å². The number of aryl methyl sites for hydroxylation is 1. The third kappa shape index (κ3) is 3.06. The van der Waals surface area contributed by atoms with E-state index in [0.29, 0.717) is 6.42 Å². The zero-order valence-electron chi connectivity index (χ0n) is 9.29. The minimum absolute atomic E-state index is 0.113. The van der Waals surface area contributed by atoms with Crippen molar-refractivity contribution in [2.75, 3.05) is 5.32 Å². The van der Waals surface area contributed by atoms with E-state index in [-0.39, 0.29) is 5.91 Å². The third-order valence-electron chi connectivity index (χ3n) is 2.43. The van der Waals surface area contributed by atoms with Crippen LogP contribution in [0.5, 0.6) is 0 Å². The Bertz CT molecular complexity index is 336. The molecular weight excluding hydrogens is 188 g/mol. The van der Waals surface area contributed by atoms with Crippen LogP contribution in [0.25, 0.3) is 0 Å². The van der Waals surface area contributed by atoms with E-state index in [1.165, 1.54) is 0 Å². The van der Waals surface area contributed by atoms with Gasteiger partial charge in [-0.1, -0.05) is 32.0 Å². The summed E-state index contributed by atoms with van der Waals surface area (Å²) >= 11 is 0. The highest BCUT2D eigenvalue weighted by molar-refractivity contribution is 5.95. The Morgan fingerprint density at radius 2 is 2.07 bits per heavy atom. The third-order valence-corrected chi connectivity index (χ3v) is 2.43. The maximum absolute atomic E-state index is 11.6. The first kappa shape index (κ1) is 11.7. The largest absolute Gasteiger partial charge is 0.324 e. The number of hydrogen-bond donors (Lipinski definition) is 2. The summed E-state index contributed by atoms with van der Waals surface area (Å²) in [4.78, 5) is 11.6. The van der Waals surface area contributed by atoms with Gasteiger partial charge in [0.15, 0.2) is 0 Å². The van der Waals surface area contributed by atoms with Crippen LogP contribution in [-0.2, 0) is 11.2 Å². The summed E-state index contributed by atoms with van der Waals surface area (Å²) in [6, 6.07) is 7.36. The van der Waals surface area contributed by atoms with Gasteiger partial charge in [-0.25, -0.2) is 0 Å². The Labute approximate surface area is 90.7 Å². The Morgan fingerprint density at radius 3 is 2.67 bits per heavy atom. The molecule has 0 heterocycles. The van der Waals surface area contributed by atoms with E-state index in [1.54, 1.807) is 0 Å². The lowest BCUT2D eigenvalue weighted by Gasteiger charge is -2.12. The normalized spacial score (nSPS) is 12.2. The van der Waals surface area contributed by atoms with Crippen molar-refractivity contribution in [1.82, 2.24) is 0 Å². The van der Waals surface area contributed by atoms with Crippen LogP contribution in [0, 0.1) is 0 Å². The molecule has 3 heteroatoms. The molecule has 0 unspecified atom stereocenters. The van der Waals surface area contributed by atoms with Crippen LogP contribution in [-0.4, -0.2) is 11.9 Å². The van der Waals surface area contributed by atoms with E-state index in [4.69, 9.17) is 5.73 Å². The first-order valence-electron chi connectivity index (χ1n) is 5.33. The zero-order valence-corrected chi connectivity index (χ0v) is 9.29. The molecule has 1 aromatic rings. The van der Waals surface area contributed by atoms with Gasteiger partial charge in [-0.2, -0.15) is 0 Å². The van der Waals surface area contributed by atoms with Crippen LogP contribution < -0.4 is 11.1 Å². The second kappa shape index (κ2) is 5.51. The van der Waals surface area contributed by atoms with Crippen molar-refractivity contribution in [3.63, 3.8) is 0 Å². The lowest BCUT2D eigenvalue weighted by molar-refractivity contribution is -0.117. The molecule has 0 spiro atoms. The Kier molecular flexibility index (Phi) is 4.31. The average Bonchev–Trinajstić information content (AvgIpc) is 2.28. The molecule has 1 aromatic carbocycles. The van der Waals surface area contributed by atoms with Crippen LogP contribution in [0.3, 0.4) is 0 Å². The highest BCUT2D eigenvalue weighted by atomic mass is 16.2. The van der Waals surface area contributed by atoms with Crippen LogP contribution in [0.15, 0.2) is 24.3 Å². The van der Waals surface area contributed by atoms with Gasteiger partial charge >= 0.3 is 0 Å². The molecule has 1 atom stereocenters. The van der Waals surface area contributed by atoms with Crippen molar-refractivity contribution in [3.8, 4) is 0 Å². The predicted molar refractivity (Wildman–Crippen MR) is 62.7 cm³/mol. The molecule has 0 aliphatic rings. The standard InChI is InChI=1S/C12H18N2O/c1-3-9-7-5-6-8-11(9)14-12(15)10(13)4-2/h5-8,10H,3-4,13H2,1-2H3,(H,14,15)/t10-/m0/s1. The molecule has 1 rings (SSSR count). The van der Waals surface area contributed by atoms with Gasteiger partial charge in [-0.3, -0.25) is 4.79 Å². The molecule has 1 amide bonds. The molecule has 0 aliphatic heterocycles. The summed E-state index contributed by atoms with van der Waals surface area (Å²) in [5.41, 5.74) is 7.65. The number of anilines is 1. The highest BCUT2D eigenvalue weighted by Crippen LogP contribution is 2.15. The van der Waals surface area contributed by atoms with Crippen molar-refractivity contribution in [2.24, 2.45) is 5.73 Å². The van der Waals surface area contributed by atoms with E-state index in [1.807, 2.05) is 31.2 Å². The molecule has 0 radical (unpaired) electrons. The van der Waals surface area contributed by atoms with Gasteiger partial charge < -0.3 is 11.1 Å². The average molecular weight is 206 g/mol. The molecule has 0 saturated carbocycles. The topological polar surface area (TPSA) is 55.1 Å². The highest BCUT2D eigenvalue weighted by Gasteiger charge is 2.11. The fraction of sp³-hybridized carbons (Fsp3) is 0.417. The number of benzene rings is 1. The van der Waals surface area contributed by atoms with Gasteiger partial charge in [-0.05, 0) is 24.5 Å². The van der Waals surface area contributed by atoms with Crippen LogP contribution in [0.2, 0.25) is 0 Å². The van der Waals surface area contributed by atoms with Gasteiger partial charge in [0.2, 0.25) is 5.91 Å². The first-order chi connectivity index (χ1) is 7.19. The molecular formula is C12H18N2O. The molecule has 0 aromatic heterocycles. The van der Waals surface area contributed by atoms with Crippen molar-refractivity contribution < 1.29 is 4.79 Å². The number of rotatable bonds is 4. The number of carbonyl (C=O) groups excluding carboxylic acids is 1. The fourth-order valence-electron chi connectivity index (χ4n) is 1.36. The molecule has 82 valence electrons. The number of carbonyl (C=O) groups is 1.